The summed E-state index contributed by atoms with van der Waals surface area (Å²) in [6.45, 7) is 3.81. The fraction of sp³-hybridized carbons (Fsp3) is 0.476. The quantitative estimate of drug-likeness (QED) is 0.0767. The molecule has 0 aliphatic carbocycles. The molecule has 0 bridgehead atoms. The zero-order valence-electron chi connectivity index (χ0n) is 20.6. The van der Waals surface area contributed by atoms with Gasteiger partial charge in [0.15, 0.2) is 6.23 Å². The maximum absolute atomic E-state index is 13.8. The second-order valence-corrected chi connectivity index (χ2v) is 10.6. The Labute approximate surface area is 222 Å². The number of carbonyl (C=O) groups excluding carboxylic acids is 1. The minimum atomic E-state index is -4.43. The number of nitrogens with one attached hydrogen (secondary N) is 1. The van der Waals surface area contributed by atoms with Crippen molar-refractivity contribution in [3.8, 4) is 5.75 Å². The van der Waals surface area contributed by atoms with E-state index < -0.39 is 56.6 Å². The van der Waals surface area contributed by atoms with Crippen molar-refractivity contribution in [2.45, 2.75) is 57.1 Å². The van der Waals surface area contributed by atoms with Gasteiger partial charge in [0.25, 0.3) is 0 Å². The highest BCUT2D eigenvalue weighted by Crippen LogP contribution is 2.48. The first-order chi connectivity index (χ1) is 17.9. The lowest BCUT2D eigenvalue weighted by Crippen LogP contribution is -2.45. The minimum absolute atomic E-state index is 0.0869. The molecular formula is C21H28N7O8PS. The monoisotopic (exact) mass is 569 g/mol. The van der Waals surface area contributed by atoms with Gasteiger partial charge >= 0.3 is 13.7 Å². The molecule has 1 aromatic heterocycles. The number of para-hydroxylation sites is 1. The highest BCUT2D eigenvalue weighted by atomic mass is 32.1. The van der Waals surface area contributed by atoms with Crippen LogP contribution in [0.25, 0.3) is 10.4 Å². The van der Waals surface area contributed by atoms with Crippen LogP contribution in [-0.4, -0.2) is 62.4 Å². The third-order valence-corrected chi connectivity index (χ3v) is 7.14. The third kappa shape index (κ3) is 6.87. The van der Waals surface area contributed by atoms with Crippen LogP contribution >= 0.6 is 20.0 Å². The standard InChI is InChI=1S/C21H28N7O8PS/c1-12(2)34-19(31)13(3)25-37(32,36-14-7-5-4-6-8-14)33-11-21(26-27-23)17(30)16(29)18(35-21)28-10-9-15(22)24-20(28)38/h4-10,12-13,16-18,29-30H,11H2,1-3H3,(H,25,32)(H2,22,24,38)/t13-,16-,17?,18+,21+,37?/m0/s1. The number of aromatic nitrogens is 2. The molecule has 17 heteroatoms. The largest absolute Gasteiger partial charge is 0.462 e. The summed E-state index contributed by atoms with van der Waals surface area (Å²) in [5.41, 5.74) is 12.5. The number of nitrogens with two attached hydrogens (primary N) is 1. The predicted molar refractivity (Wildman–Crippen MR) is 136 cm³/mol. The first-order valence-corrected chi connectivity index (χ1v) is 13.3. The second kappa shape index (κ2) is 12.2. The van der Waals surface area contributed by atoms with Gasteiger partial charge in [0.2, 0.25) is 10.5 Å². The van der Waals surface area contributed by atoms with Crippen molar-refractivity contribution in [3.63, 3.8) is 0 Å². The number of aliphatic hydroxyl groups excluding tert-OH is 2. The van der Waals surface area contributed by atoms with Crippen LogP contribution in [0.3, 0.4) is 0 Å². The Morgan fingerprint density at radius 1 is 1.37 bits per heavy atom. The number of nitrogens with zero attached hydrogens (tertiary/aromatic N) is 5. The summed E-state index contributed by atoms with van der Waals surface area (Å²) in [6, 6.07) is 8.15. The molecule has 0 saturated carbocycles. The molecule has 1 fully saturated rings. The van der Waals surface area contributed by atoms with Gasteiger partial charge in [0.05, 0.1) is 12.7 Å². The molecule has 1 aliphatic rings. The topological polar surface area (TPSA) is 216 Å². The Bertz CT molecular complexity index is 1290. The lowest BCUT2D eigenvalue weighted by atomic mass is 10.1. The van der Waals surface area contributed by atoms with Gasteiger partial charge in [0, 0.05) is 11.1 Å². The number of aliphatic hydroxyl groups is 2. The van der Waals surface area contributed by atoms with E-state index >= 15 is 0 Å². The van der Waals surface area contributed by atoms with Gasteiger partial charge in [0.1, 0.15) is 29.8 Å². The summed E-state index contributed by atoms with van der Waals surface area (Å²) in [5.74, 6) is -0.502. The summed E-state index contributed by atoms with van der Waals surface area (Å²) in [7, 11) is -4.43. The van der Waals surface area contributed by atoms with Crippen molar-refractivity contribution in [2.24, 2.45) is 5.11 Å². The predicted octanol–water partition coefficient (Wildman–Crippen LogP) is 2.59. The molecule has 2 aromatic rings. The Morgan fingerprint density at radius 2 is 2.05 bits per heavy atom. The van der Waals surface area contributed by atoms with Crippen LogP contribution in [0.2, 0.25) is 0 Å². The van der Waals surface area contributed by atoms with Crippen LogP contribution in [0.1, 0.15) is 27.0 Å². The summed E-state index contributed by atoms with van der Waals surface area (Å²) in [5, 5.41) is 27.5. The Kier molecular flexibility index (Phi) is 9.46. The van der Waals surface area contributed by atoms with Gasteiger partial charge in [-0.25, -0.2) is 9.55 Å². The van der Waals surface area contributed by atoms with E-state index in [-0.39, 0.29) is 16.3 Å². The number of carbonyl (C=O) groups is 1. The van der Waals surface area contributed by atoms with Crippen molar-refractivity contribution in [3.05, 3.63) is 57.8 Å². The molecule has 206 valence electrons. The Balaban J connectivity index is 1.90. The molecule has 0 radical (unpaired) electrons. The molecule has 15 nitrogen and oxygen atoms in total. The minimum Gasteiger partial charge on any atom is -0.462 e. The Hall–Kier alpha value is -3.07. The summed E-state index contributed by atoms with van der Waals surface area (Å²) >= 11 is 5.15. The number of hydrogen-bond acceptors (Lipinski definition) is 12. The van der Waals surface area contributed by atoms with Crippen molar-refractivity contribution in [2.75, 3.05) is 12.3 Å². The molecule has 1 saturated heterocycles. The van der Waals surface area contributed by atoms with Crippen LogP contribution in [-0.2, 0) is 23.4 Å². The van der Waals surface area contributed by atoms with E-state index in [1.807, 2.05) is 0 Å². The molecule has 0 amide bonds. The van der Waals surface area contributed by atoms with Crippen LogP contribution in [0, 0.1) is 4.77 Å². The van der Waals surface area contributed by atoms with E-state index in [1.165, 1.54) is 35.9 Å². The number of hydrogen-bond donors (Lipinski definition) is 4. The number of azide groups is 1. The first kappa shape index (κ1) is 29.5. The highest BCUT2D eigenvalue weighted by molar-refractivity contribution is 7.71. The lowest BCUT2D eigenvalue weighted by molar-refractivity contribution is -0.149. The van der Waals surface area contributed by atoms with Gasteiger partial charge < -0.3 is 29.9 Å². The molecule has 38 heavy (non-hydrogen) atoms. The number of anilines is 1. The molecule has 1 aliphatic heterocycles. The zero-order chi connectivity index (χ0) is 28.1. The number of rotatable bonds is 11. The van der Waals surface area contributed by atoms with Crippen LogP contribution in [0.5, 0.6) is 5.75 Å². The first-order valence-electron chi connectivity index (χ1n) is 11.3. The number of esters is 1. The number of benzene rings is 1. The normalized spacial score (nSPS) is 25.3. The van der Waals surface area contributed by atoms with Crippen LogP contribution in [0.4, 0.5) is 5.82 Å². The lowest BCUT2D eigenvalue weighted by Gasteiger charge is -2.29. The maximum atomic E-state index is 13.8. The second-order valence-electron chi connectivity index (χ2n) is 8.53. The van der Waals surface area contributed by atoms with Gasteiger partial charge in [-0.2, -0.15) is 5.09 Å². The summed E-state index contributed by atoms with van der Waals surface area (Å²) in [4.78, 5) is 19.0. The van der Waals surface area contributed by atoms with Crippen LogP contribution in [0.15, 0.2) is 47.7 Å². The number of nitrogen functional groups attached to an aromatic ring is 1. The van der Waals surface area contributed by atoms with Crippen molar-refractivity contribution in [1.82, 2.24) is 14.6 Å². The van der Waals surface area contributed by atoms with Gasteiger partial charge in [-0.05, 0) is 56.7 Å². The molecule has 5 N–H and O–H groups in total. The summed E-state index contributed by atoms with van der Waals surface area (Å²) in [6.07, 6.45) is -3.99. The molecule has 6 atom stereocenters. The average molecular weight is 570 g/mol. The van der Waals surface area contributed by atoms with Gasteiger partial charge in [-0.1, -0.05) is 23.3 Å². The van der Waals surface area contributed by atoms with Crippen molar-refractivity contribution in [1.29, 1.82) is 0 Å². The van der Waals surface area contributed by atoms with Gasteiger partial charge in [-0.3, -0.25) is 13.9 Å². The molecule has 3 rings (SSSR count). The fourth-order valence-electron chi connectivity index (χ4n) is 3.43. The van der Waals surface area contributed by atoms with Crippen LogP contribution < -0.4 is 15.3 Å². The molecule has 2 unspecified atom stereocenters. The molecular weight excluding hydrogens is 541 g/mol. The SMILES string of the molecule is CC(C)OC(=O)[C@H](C)NP(=O)(OC[C@@]1(N=[N+]=[N-])O[C@@H](n2ccc(N)nc2=S)[C@@H](O)C1O)Oc1ccccc1. The smallest absolute Gasteiger partial charge is 0.459 e. The fourth-order valence-corrected chi connectivity index (χ4v) is 5.21. The van der Waals surface area contributed by atoms with Crippen molar-refractivity contribution >= 4 is 31.8 Å². The molecule has 0 spiro atoms. The van der Waals surface area contributed by atoms with E-state index in [0.29, 0.717) is 0 Å². The third-order valence-electron chi connectivity index (χ3n) is 5.21. The highest BCUT2D eigenvalue weighted by Gasteiger charge is 2.56. The van der Waals surface area contributed by atoms with E-state index in [0.717, 1.165) is 0 Å². The van der Waals surface area contributed by atoms with E-state index in [1.54, 1.807) is 32.0 Å². The zero-order valence-corrected chi connectivity index (χ0v) is 22.4. The average Bonchev–Trinajstić information content (AvgIpc) is 3.09. The molecule has 2 heterocycles. The Morgan fingerprint density at radius 3 is 2.66 bits per heavy atom. The molecule has 1 aromatic carbocycles. The number of ether oxygens (including phenoxy) is 2. The van der Waals surface area contributed by atoms with Gasteiger partial charge in [-0.15, -0.1) is 0 Å². The maximum Gasteiger partial charge on any atom is 0.459 e. The van der Waals surface area contributed by atoms with E-state index in [9.17, 15) is 25.1 Å². The van der Waals surface area contributed by atoms with E-state index in [4.69, 9.17) is 36.5 Å². The van der Waals surface area contributed by atoms with Crippen molar-refractivity contribution < 1.29 is 38.1 Å². The van der Waals surface area contributed by atoms with E-state index in [2.05, 4.69) is 20.1 Å². The summed E-state index contributed by atoms with van der Waals surface area (Å²) < 4.78 is 36.8.